The summed E-state index contributed by atoms with van der Waals surface area (Å²) >= 11 is 1.33. The molecule has 6 nitrogen and oxygen atoms in total. The zero-order valence-electron chi connectivity index (χ0n) is 18.9. The molecule has 0 radical (unpaired) electrons. The third kappa shape index (κ3) is 6.19. The summed E-state index contributed by atoms with van der Waals surface area (Å²) in [6.07, 6.45) is 5.87. The van der Waals surface area contributed by atoms with Gasteiger partial charge in [0.25, 0.3) is 5.91 Å². The maximum Gasteiger partial charge on any atom is 0.261 e. The molecule has 0 unspecified atom stereocenters. The summed E-state index contributed by atoms with van der Waals surface area (Å²) in [5, 5.41) is 7.73. The van der Waals surface area contributed by atoms with Crippen LogP contribution in [0.3, 0.4) is 0 Å². The van der Waals surface area contributed by atoms with Crippen molar-refractivity contribution >= 4 is 29.1 Å². The Balaban J connectivity index is 1.83. The number of benzene rings is 1. The first-order valence-electron chi connectivity index (χ1n) is 11.5. The molecule has 1 heterocycles. The summed E-state index contributed by atoms with van der Waals surface area (Å²) in [6, 6.07) is 10.7. The van der Waals surface area contributed by atoms with E-state index in [1.165, 1.54) is 11.3 Å². The second-order valence-electron chi connectivity index (χ2n) is 8.35. The number of carbonyl (C=O) groups excluding carboxylic acids is 3. The molecule has 2 aromatic rings. The average Bonchev–Trinajstić information content (AvgIpc) is 3.50. The summed E-state index contributed by atoms with van der Waals surface area (Å²) in [4.78, 5) is 41.4. The van der Waals surface area contributed by atoms with Crippen LogP contribution in [0.25, 0.3) is 0 Å². The van der Waals surface area contributed by atoms with Crippen molar-refractivity contribution in [3.05, 3.63) is 57.8 Å². The maximum absolute atomic E-state index is 13.5. The molecule has 0 spiro atoms. The Kier molecular flexibility index (Phi) is 8.85. The highest BCUT2D eigenvalue weighted by atomic mass is 32.1. The van der Waals surface area contributed by atoms with Gasteiger partial charge in [-0.05, 0) is 48.8 Å². The van der Waals surface area contributed by atoms with Crippen LogP contribution in [0.4, 0.5) is 0 Å². The van der Waals surface area contributed by atoms with E-state index in [4.69, 9.17) is 0 Å². The van der Waals surface area contributed by atoms with Gasteiger partial charge in [0.2, 0.25) is 11.8 Å². The van der Waals surface area contributed by atoms with Crippen LogP contribution in [-0.4, -0.2) is 41.8 Å². The molecule has 32 heavy (non-hydrogen) atoms. The summed E-state index contributed by atoms with van der Waals surface area (Å²) < 4.78 is 0. The van der Waals surface area contributed by atoms with Gasteiger partial charge in [0.05, 0.1) is 11.4 Å². The van der Waals surface area contributed by atoms with E-state index in [1.807, 2.05) is 36.6 Å². The Morgan fingerprint density at radius 2 is 1.88 bits per heavy atom. The highest BCUT2D eigenvalue weighted by Gasteiger charge is 2.33. The van der Waals surface area contributed by atoms with E-state index in [2.05, 4.69) is 17.6 Å². The van der Waals surface area contributed by atoms with E-state index >= 15 is 0 Å². The number of hydrogen-bond acceptors (Lipinski definition) is 4. The largest absolute Gasteiger partial charge is 0.351 e. The van der Waals surface area contributed by atoms with E-state index in [0.29, 0.717) is 11.4 Å². The van der Waals surface area contributed by atoms with Crippen LogP contribution in [-0.2, 0) is 9.59 Å². The lowest BCUT2D eigenvalue weighted by atomic mass is 9.98. The van der Waals surface area contributed by atoms with Crippen molar-refractivity contribution in [3.8, 4) is 0 Å². The normalized spacial score (nSPS) is 14.7. The van der Waals surface area contributed by atoms with Gasteiger partial charge in [0.1, 0.15) is 6.04 Å². The molecule has 1 saturated carbocycles. The minimum Gasteiger partial charge on any atom is -0.351 e. The molecule has 0 saturated heterocycles. The fraction of sp³-hybridized carbons (Fsp3) is 0.480. The summed E-state index contributed by atoms with van der Waals surface area (Å²) in [7, 11) is 0. The molecule has 1 aliphatic carbocycles. The highest BCUT2D eigenvalue weighted by molar-refractivity contribution is 7.12. The molecule has 3 amide bonds. The molecule has 172 valence electrons. The van der Waals surface area contributed by atoms with Crippen LogP contribution in [0.5, 0.6) is 0 Å². The number of unbranched alkanes of at least 4 members (excludes halogenated alkanes) is 1. The predicted octanol–water partition coefficient (Wildman–Crippen LogP) is 4.22. The number of nitrogens with zero attached hydrogens (tertiary/aromatic N) is 1. The fourth-order valence-corrected chi connectivity index (χ4v) is 4.81. The van der Waals surface area contributed by atoms with Crippen molar-refractivity contribution in [1.82, 2.24) is 15.5 Å². The van der Waals surface area contributed by atoms with Crippen molar-refractivity contribution in [2.75, 3.05) is 13.1 Å². The number of nitrogens with one attached hydrogen (secondary N) is 2. The van der Waals surface area contributed by atoms with Gasteiger partial charge in [-0.15, -0.1) is 11.3 Å². The fourth-order valence-electron chi connectivity index (χ4n) is 4.17. The average molecular weight is 456 g/mol. The van der Waals surface area contributed by atoms with Crippen LogP contribution in [0.15, 0.2) is 41.8 Å². The SMILES string of the molecule is CCCCN(C(=O)CNC(=O)c1cccs1)[C@@H](C(=O)NC1CCCC1)c1ccccc1C. The molecule has 0 aliphatic heterocycles. The van der Waals surface area contributed by atoms with Gasteiger partial charge in [-0.2, -0.15) is 0 Å². The minimum absolute atomic E-state index is 0.139. The smallest absolute Gasteiger partial charge is 0.261 e. The Labute approximate surface area is 194 Å². The number of rotatable bonds is 10. The lowest BCUT2D eigenvalue weighted by molar-refractivity contribution is -0.140. The lowest BCUT2D eigenvalue weighted by Gasteiger charge is -2.33. The zero-order valence-corrected chi connectivity index (χ0v) is 19.7. The van der Waals surface area contributed by atoms with Crippen molar-refractivity contribution < 1.29 is 14.4 Å². The molecule has 7 heteroatoms. The van der Waals surface area contributed by atoms with Gasteiger partial charge in [0.15, 0.2) is 0 Å². The third-order valence-electron chi connectivity index (χ3n) is 5.96. The molecule has 1 atom stereocenters. The first kappa shape index (κ1) is 24.0. The standard InChI is InChI=1S/C25H33N3O3S/c1-3-4-15-28(22(29)17-26-24(30)21-14-9-16-32-21)23(20-13-8-5-10-18(20)2)25(31)27-19-11-6-7-12-19/h5,8-10,13-14,16,19,23H,3-4,6-7,11-12,15,17H2,1-2H3,(H,26,30)(H,27,31)/t23-/m1/s1. The van der Waals surface area contributed by atoms with Gasteiger partial charge < -0.3 is 15.5 Å². The monoisotopic (exact) mass is 455 g/mol. The summed E-state index contributed by atoms with van der Waals surface area (Å²) in [5.74, 6) is -0.662. The number of hydrogen-bond donors (Lipinski definition) is 2. The first-order chi connectivity index (χ1) is 15.5. The van der Waals surface area contributed by atoms with E-state index in [9.17, 15) is 14.4 Å². The third-order valence-corrected chi connectivity index (χ3v) is 6.83. The van der Waals surface area contributed by atoms with E-state index in [0.717, 1.165) is 49.7 Å². The Hall–Kier alpha value is -2.67. The minimum atomic E-state index is -0.713. The van der Waals surface area contributed by atoms with Crippen LogP contribution in [0.2, 0.25) is 0 Å². The van der Waals surface area contributed by atoms with E-state index in [-0.39, 0.29) is 30.3 Å². The molecule has 3 rings (SSSR count). The van der Waals surface area contributed by atoms with E-state index < -0.39 is 6.04 Å². The Morgan fingerprint density at radius 3 is 2.53 bits per heavy atom. The second-order valence-corrected chi connectivity index (χ2v) is 9.30. The summed E-state index contributed by atoms with van der Waals surface area (Å²) in [6.45, 7) is 4.34. The van der Waals surface area contributed by atoms with Crippen molar-refractivity contribution in [2.24, 2.45) is 0 Å². The number of carbonyl (C=O) groups is 3. The molecule has 1 aromatic carbocycles. The van der Waals surface area contributed by atoms with Crippen LogP contribution in [0.1, 0.15) is 72.3 Å². The maximum atomic E-state index is 13.5. The Morgan fingerprint density at radius 1 is 1.12 bits per heavy atom. The van der Waals surface area contributed by atoms with Crippen LogP contribution >= 0.6 is 11.3 Å². The van der Waals surface area contributed by atoms with Gasteiger partial charge in [0, 0.05) is 12.6 Å². The topological polar surface area (TPSA) is 78.5 Å². The second kappa shape index (κ2) is 11.8. The molecule has 1 aliphatic rings. The molecule has 2 N–H and O–H groups in total. The molecular weight excluding hydrogens is 422 g/mol. The van der Waals surface area contributed by atoms with Crippen LogP contribution < -0.4 is 10.6 Å². The Bertz CT molecular complexity index is 907. The van der Waals surface area contributed by atoms with Crippen molar-refractivity contribution in [3.63, 3.8) is 0 Å². The van der Waals surface area contributed by atoms with Crippen molar-refractivity contribution in [2.45, 2.75) is 64.5 Å². The number of thiophene rings is 1. The van der Waals surface area contributed by atoms with Gasteiger partial charge >= 0.3 is 0 Å². The highest BCUT2D eigenvalue weighted by Crippen LogP contribution is 2.27. The number of amides is 3. The van der Waals surface area contributed by atoms with Gasteiger partial charge in [-0.3, -0.25) is 14.4 Å². The van der Waals surface area contributed by atoms with Crippen LogP contribution in [0, 0.1) is 6.92 Å². The zero-order chi connectivity index (χ0) is 22.9. The lowest BCUT2D eigenvalue weighted by Crippen LogP contribution is -2.49. The molecule has 1 fully saturated rings. The van der Waals surface area contributed by atoms with Crippen molar-refractivity contribution in [1.29, 1.82) is 0 Å². The molecule has 0 bridgehead atoms. The first-order valence-corrected chi connectivity index (χ1v) is 12.4. The summed E-state index contributed by atoms with van der Waals surface area (Å²) in [5.41, 5.74) is 1.80. The quantitative estimate of drug-likeness (QED) is 0.563. The predicted molar refractivity (Wildman–Crippen MR) is 128 cm³/mol. The molecule has 1 aromatic heterocycles. The number of aryl methyl sites for hydroxylation is 1. The molecular formula is C25H33N3O3S. The van der Waals surface area contributed by atoms with Gasteiger partial charge in [-0.1, -0.05) is 56.5 Å². The van der Waals surface area contributed by atoms with E-state index in [1.54, 1.807) is 17.0 Å². The van der Waals surface area contributed by atoms with Gasteiger partial charge in [-0.25, -0.2) is 0 Å².